The largest absolute Gasteiger partial charge is 0.310 e. The van der Waals surface area contributed by atoms with E-state index in [1.807, 2.05) is 36.4 Å². The van der Waals surface area contributed by atoms with Crippen molar-refractivity contribution in [3.63, 3.8) is 0 Å². The van der Waals surface area contributed by atoms with Gasteiger partial charge in [0.05, 0.1) is 40.3 Å². The summed E-state index contributed by atoms with van der Waals surface area (Å²) in [6.07, 6.45) is 0. The van der Waals surface area contributed by atoms with E-state index in [1.54, 1.807) is 0 Å². The summed E-state index contributed by atoms with van der Waals surface area (Å²) < 4.78 is 4.54. The summed E-state index contributed by atoms with van der Waals surface area (Å²) in [6.45, 7) is 7.78. The molecule has 0 unspecified atom stereocenters. The van der Waals surface area contributed by atoms with E-state index in [9.17, 15) is 5.26 Å². The fourth-order valence-corrected chi connectivity index (χ4v) is 7.27. The van der Waals surface area contributed by atoms with Crippen LogP contribution in [0, 0.1) is 17.9 Å². The van der Waals surface area contributed by atoms with Gasteiger partial charge in [0.1, 0.15) is 0 Å². The minimum absolute atomic E-state index is 0.564. The molecule has 7 aromatic carbocycles. The lowest BCUT2D eigenvalue weighted by atomic mass is 9.94. The minimum Gasteiger partial charge on any atom is -0.310 e. The molecule has 0 atom stereocenters. The van der Waals surface area contributed by atoms with Crippen molar-refractivity contribution >= 4 is 49.3 Å². The zero-order chi connectivity index (χ0) is 32.2. The van der Waals surface area contributed by atoms with Gasteiger partial charge in [-0.05, 0) is 65.2 Å². The number of rotatable bonds is 4. The third kappa shape index (κ3) is 4.14. The van der Waals surface area contributed by atoms with Crippen LogP contribution < -0.4 is 0 Å². The van der Waals surface area contributed by atoms with Crippen LogP contribution in [-0.4, -0.2) is 9.13 Å². The fourth-order valence-electron chi connectivity index (χ4n) is 7.27. The highest BCUT2D eigenvalue weighted by atomic mass is 15.0. The predicted molar refractivity (Wildman–Crippen MR) is 197 cm³/mol. The van der Waals surface area contributed by atoms with Crippen LogP contribution in [0.2, 0.25) is 0 Å². The number of aromatic nitrogens is 2. The highest BCUT2D eigenvalue weighted by Crippen LogP contribution is 2.40. The summed E-state index contributed by atoms with van der Waals surface area (Å²) in [5, 5.41) is 15.2. The topological polar surface area (TPSA) is 38.0 Å². The highest BCUT2D eigenvalue weighted by molar-refractivity contribution is 6.10. The number of benzene rings is 7. The van der Waals surface area contributed by atoms with E-state index in [4.69, 9.17) is 6.57 Å². The maximum absolute atomic E-state index is 10.5. The summed E-state index contributed by atoms with van der Waals surface area (Å²) in [7, 11) is 0. The van der Waals surface area contributed by atoms with Crippen molar-refractivity contribution in [1.29, 1.82) is 5.26 Å². The first kappa shape index (κ1) is 27.4. The zero-order valence-electron chi connectivity index (χ0n) is 25.8. The van der Waals surface area contributed by atoms with E-state index in [0.29, 0.717) is 11.3 Å². The Morgan fingerprint density at radius 1 is 0.479 bits per heavy atom. The molecule has 0 radical (unpaired) electrons. The van der Waals surface area contributed by atoms with E-state index < -0.39 is 0 Å². The van der Waals surface area contributed by atoms with Gasteiger partial charge in [0, 0.05) is 38.5 Å². The Bertz CT molecular complexity index is 2710. The third-order valence-electron chi connectivity index (χ3n) is 9.38. The van der Waals surface area contributed by atoms with Crippen LogP contribution in [-0.2, 0) is 0 Å². The van der Waals surface area contributed by atoms with Gasteiger partial charge in [-0.2, -0.15) is 5.26 Å². The van der Waals surface area contributed by atoms with Gasteiger partial charge in [-0.15, -0.1) is 0 Å². The van der Waals surface area contributed by atoms with Crippen LogP contribution >= 0.6 is 0 Å². The standard InChI is InChI=1S/C44H26N4/c1-46-32-22-24-35(44(27-32)48-42-19-8-4-15-38(42)39-16-5-9-20-43(39)48)30-21-23-34(31(25-30)28-45)29-11-10-12-33(26-29)47-40-17-6-2-13-36(40)37-14-3-7-18-41(37)47/h2-27H. The molecule has 9 rings (SSSR count). The van der Waals surface area contributed by atoms with Gasteiger partial charge in [0.2, 0.25) is 0 Å². The highest BCUT2D eigenvalue weighted by Gasteiger charge is 2.18. The number of para-hydroxylation sites is 4. The van der Waals surface area contributed by atoms with Crippen molar-refractivity contribution in [3.8, 4) is 39.7 Å². The molecule has 4 nitrogen and oxygen atoms in total. The second kappa shape index (κ2) is 10.9. The molecule has 0 spiro atoms. The van der Waals surface area contributed by atoms with Crippen LogP contribution in [0.5, 0.6) is 0 Å². The summed E-state index contributed by atoms with van der Waals surface area (Å²) in [4.78, 5) is 3.77. The molecule has 222 valence electrons. The average molecular weight is 611 g/mol. The normalized spacial score (nSPS) is 11.3. The maximum Gasteiger partial charge on any atom is 0.189 e. The van der Waals surface area contributed by atoms with Crippen molar-refractivity contribution in [1.82, 2.24) is 9.13 Å². The summed E-state index contributed by atoms with van der Waals surface area (Å²) in [5.41, 5.74) is 11.3. The molecule has 0 amide bonds. The number of fused-ring (bicyclic) bond motifs is 6. The summed E-state index contributed by atoms with van der Waals surface area (Å²) in [6, 6.07) is 56.6. The minimum atomic E-state index is 0.564. The Kier molecular flexibility index (Phi) is 6.22. The molecule has 0 aliphatic rings. The van der Waals surface area contributed by atoms with Crippen LogP contribution in [0.25, 0.3) is 82.1 Å². The number of nitriles is 1. The first-order valence-corrected chi connectivity index (χ1v) is 15.9. The van der Waals surface area contributed by atoms with Crippen molar-refractivity contribution < 1.29 is 0 Å². The first-order chi connectivity index (χ1) is 23.7. The zero-order valence-corrected chi connectivity index (χ0v) is 25.8. The number of hydrogen-bond acceptors (Lipinski definition) is 1. The predicted octanol–water partition coefficient (Wildman–Crippen LogP) is 11.6. The van der Waals surface area contributed by atoms with Gasteiger partial charge < -0.3 is 9.13 Å². The lowest BCUT2D eigenvalue weighted by Gasteiger charge is -2.16. The van der Waals surface area contributed by atoms with E-state index in [2.05, 4.69) is 141 Å². The molecule has 0 bridgehead atoms. The number of nitrogens with zero attached hydrogens (tertiary/aromatic N) is 4. The molecule has 48 heavy (non-hydrogen) atoms. The molecular weight excluding hydrogens is 585 g/mol. The van der Waals surface area contributed by atoms with Crippen molar-refractivity contribution in [2.24, 2.45) is 0 Å². The molecular formula is C44H26N4. The third-order valence-corrected chi connectivity index (χ3v) is 9.38. The SMILES string of the molecule is [C-]#[N+]c1ccc(-c2ccc(-c3cccc(-n4c5ccccc5c5ccccc54)c3)c(C#N)c2)c(-n2c3ccccc3c3ccccc32)c1. The van der Waals surface area contributed by atoms with E-state index in [-0.39, 0.29) is 0 Å². The molecule has 0 N–H and O–H groups in total. The monoisotopic (exact) mass is 610 g/mol. The summed E-state index contributed by atoms with van der Waals surface area (Å²) in [5.74, 6) is 0. The van der Waals surface area contributed by atoms with Gasteiger partial charge in [0.15, 0.2) is 5.69 Å². The van der Waals surface area contributed by atoms with Crippen molar-refractivity contribution in [2.45, 2.75) is 0 Å². The van der Waals surface area contributed by atoms with Crippen LogP contribution in [0.4, 0.5) is 5.69 Å². The fraction of sp³-hybridized carbons (Fsp3) is 0. The molecule has 0 aliphatic carbocycles. The molecule has 0 aliphatic heterocycles. The van der Waals surface area contributed by atoms with Gasteiger partial charge in [-0.1, -0.05) is 109 Å². The average Bonchev–Trinajstić information content (AvgIpc) is 3.67. The van der Waals surface area contributed by atoms with Gasteiger partial charge >= 0.3 is 0 Å². The maximum atomic E-state index is 10.5. The number of hydrogen-bond donors (Lipinski definition) is 0. The first-order valence-electron chi connectivity index (χ1n) is 15.9. The van der Waals surface area contributed by atoms with Crippen LogP contribution in [0.3, 0.4) is 0 Å². The van der Waals surface area contributed by atoms with E-state index >= 15 is 0 Å². The Balaban J connectivity index is 1.21. The van der Waals surface area contributed by atoms with E-state index in [1.165, 1.54) is 10.8 Å². The molecule has 2 heterocycles. The van der Waals surface area contributed by atoms with Crippen LogP contribution in [0.1, 0.15) is 5.56 Å². The second-order valence-electron chi connectivity index (χ2n) is 12.0. The Labute approximate surface area is 277 Å². The van der Waals surface area contributed by atoms with Gasteiger partial charge in [-0.3, -0.25) is 0 Å². The Morgan fingerprint density at radius 2 is 1.00 bits per heavy atom. The van der Waals surface area contributed by atoms with Crippen molar-refractivity contribution in [2.75, 3.05) is 0 Å². The van der Waals surface area contributed by atoms with Gasteiger partial charge in [0.25, 0.3) is 0 Å². The molecule has 9 aromatic rings. The molecule has 0 saturated carbocycles. The van der Waals surface area contributed by atoms with Crippen molar-refractivity contribution in [3.05, 3.63) is 175 Å². The molecule has 0 saturated heterocycles. The lowest BCUT2D eigenvalue weighted by Crippen LogP contribution is -1.98. The summed E-state index contributed by atoms with van der Waals surface area (Å²) >= 11 is 0. The molecule has 4 heteroatoms. The molecule has 0 fully saturated rings. The lowest BCUT2D eigenvalue weighted by molar-refractivity contribution is 1.18. The van der Waals surface area contributed by atoms with Crippen LogP contribution in [0.15, 0.2) is 158 Å². The quantitative estimate of drug-likeness (QED) is 0.183. The molecule has 2 aromatic heterocycles. The Morgan fingerprint density at radius 3 is 1.56 bits per heavy atom. The Hall–Kier alpha value is -6.88. The van der Waals surface area contributed by atoms with E-state index in [0.717, 1.165) is 66.5 Å². The van der Waals surface area contributed by atoms with Gasteiger partial charge in [-0.25, -0.2) is 4.85 Å². The second-order valence-corrected chi connectivity index (χ2v) is 12.0. The smallest absolute Gasteiger partial charge is 0.189 e.